The molecular weight excluding hydrogens is 250 g/mol. The summed E-state index contributed by atoms with van der Waals surface area (Å²) in [6.45, 7) is 0.770. The second-order valence-electron chi connectivity index (χ2n) is 3.67. The molecule has 2 rings (SSSR count). The van der Waals surface area contributed by atoms with E-state index in [0.29, 0.717) is 22.9 Å². The zero-order chi connectivity index (χ0) is 11.7. The molecule has 1 aliphatic heterocycles. The van der Waals surface area contributed by atoms with Crippen LogP contribution in [0.25, 0.3) is 0 Å². The van der Waals surface area contributed by atoms with Gasteiger partial charge in [-0.05, 0) is 17.9 Å². The number of amides is 1. The van der Waals surface area contributed by atoms with Crippen molar-refractivity contribution in [2.45, 2.75) is 6.42 Å². The molecule has 0 spiro atoms. The molecule has 1 aromatic heterocycles. The lowest BCUT2D eigenvalue weighted by Crippen LogP contribution is -2.29. The van der Waals surface area contributed by atoms with Gasteiger partial charge in [-0.2, -0.15) is 0 Å². The van der Waals surface area contributed by atoms with Crippen molar-refractivity contribution in [3.05, 3.63) is 21.3 Å². The van der Waals surface area contributed by atoms with Gasteiger partial charge in [0.05, 0.1) is 10.9 Å². The van der Waals surface area contributed by atoms with E-state index in [4.69, 9.17) is 16.7 Å². The Morgan fingerprint density at radius 2 is 2.31 bits per heavy atom. The van der Waals surface area contributed by atoms with E-state index in [1.807, 2.05) is 0 Å². The van der Waals surface area contributed by atoms with E-state index < -0.39 is 11.9 Å². The molecule has 1 aromatic rings. The van der Waals surface area contributed by atoms with Crippen molar-refractivity contribution in [3.63, 3.8) is 0 Å². The standard InChI is InChI=1S/C10H10ClNO3S/c11-7-2-4-16-8(7)9(13)12-3-1-6(5-12)10(14)15/h2,4,6H,1,3,5H2,(H,14,15). The summed E-state index contributed by atoms with van der Waals surface area (Å²) < 4.78 is 0. The van der Waals surface area contributed by atoms with Crippen molar-refractivity contribution < 1.29 is 14.7 Å². The van der Waals surface area contributed by atoms with Gasteiger partial charge in [-0.1, -0.05) is 11.6 Å². The Bertz CT molecular complexity index is 431. The van der Waals surface area contributed by atoms with Crippen molar-refractivity contribution in [1.82, 2.24) is 4.90 Å². The first-order valence-electron chi connectivity index (χ1n) is 4.84. The number of hydrogen-bond acceptors (Lipinski definition) is 3. The number of carboxylic acid groups (broad SMARTS) is 1. The van der Waals surface area contributed by atoms with Crippen LogP contribution in [0.2, 0.25) is 5.02 Å². The second kappa shape index (κ2) is 4.43. The smallest absolute Gasteiger partial charge is 0.308 e. The van der Waals surface area contributed by atoms with E-state index in [-0.39, 0.29) is 12.5 Å². The molecule has 1 N–H and O–H groups in total. The molecule has 1 fully saturated rings. The molecule has 1 amide bonds. The highest BCUT2D eigenvalue weighted by molar-refractivity contribution is 7.12. The Hall–Kier alpha value is -1.07. The van der Waals surface area contributed by atoms with Crippen molar-refractivity contribution in [1.29, 1.82) is 0 Å². The highest BCUT2D eigenvalue weighted by atomic mass is 35.5. The number of hydrogen-bond donors (Lipinski definition) is 1. The zero-order valence-electron chi connectivity index (χ0n) is 8.35. The number of carbonyl (C=O) groups is 2. The summed E-state index contributed by atoms with van der Waals surface area (Å²) in [6.07, 6.45) is 0.518. The van der Waals surface area contributed by atoms with Gasteiger partial charge < -0.3 is 10.0 Å². The molecule has 0 radical (unpaired) electrons. The molecule has 0 bridgehead atoms. The third-order valence-electron chi connectivity index (χ3n) is 2.64. The fourth-order valence-corrected chi connectivity index (χ4v) is 2.84. The molecule has 0 aromatic carbocycles. The van der Waals surface area contributed by atoms with Crippen molar-refractivity contribution >= 4 is 34.8 Å². The summed E-state index contributed by atoms with van der Waals surface area (Å²) >= 11 is 7.14. The van der Waals surface area contributed by atoms with Crippen LogP contribution in [0.3, 0.4) is 0 Å². The van der Waals surface area contributed by atoms with E-state index in [1.165, 1.54) is 11.3 Å². The van der Waals surface area contributed by atoms with Crippen LogP contribution in [-0.4, -0.2) is 35.0 Å². The van der Waals surface area contributed by atoms with E-state index in [9.17, 15) is 9.59 Å². The average Bonchev–Trinajstić information content (AvgIpc) is 2.84. The van der Waals surface area contributed by atoms with Gasteiger partial charge in [0.25, 0.3) is 5.91 Å². The maximum Gasteiger partial charge on any atom is 0.308 e. The van der Waals surface area contributed by atoms with Crippen molar-refractivity contribution in [3.8, 4) is 0 Å². The van der Waals surface area contributed by atoms with Crippen LogP contribution in [0.4, 0.5) is 0 Å². The topological polar surface area (TPSA) is 57.6 Å². The van der Waals surface area contributed by atoms with Gasteiger partial charge in [-0.3, -0.25) is 9.59 Å². The van der Waals surface area contributed by atoms with Gasteiger partial charge in [0.15, 0.2) is 0 Å². The summed E-state index contributed by atoms with van der Waals surface area (Å²) in [4.78, 5) is 24.8. The molecule has 1 atom stereocenters. The molecule has 0 saturated carbocycles. The Balaban J connectivity index is 2.08. The third kappa shape index (κ3) is 2.05. The van der Waals surface area contributed by atoms with Crippen LogP contribution < -0.4 is 0 Å². The molecule has 1 unspecified atom stereocenters. The van der Waals surface area contributed by atoms with Gasteiger partial charge in [-0.25, -0.2) is 0 Å². The molecule has 1 aliphatic rings. The molecule has 86 valence electrons. The van der Waals surface area contributed by atoms with Gasteiger partial charge in [0, 0.05) is 13.1 Å². The number of halogens is 1. The summed E-state index contributed by atoms with van der Waals surface area (Å²) in [5.41, 5.74) is 0. The minimum atomic E-state index is -0.840. The average molecular weight is 260 g/mol. The highest BCUT2D eigenvalue weighted by Crippen LogP contribution is 2.26. The molecule has 4 nitrogen and oxygen atoms in total. The number of aliphatic carboxylic acids is 1. The molecular formula is C10H10ClNO3S. The van der Waals surface area contributed by atoms with E-state index in [0.717, 1.165) is 0 Å². The first-order valence-corrected chi connectivity index (χ1v) is 6.10. The predicted molar refractivity (Wildman–Crippen MR) is 61.0 cm³/mol. The van der Waals surface area contributed by atoms with Gasteiger partial charge in [-0.15, -0.1) is 11.3 Å². The molecule has 2 heterocycles. The number of likely N-dealkylation sites (tertiary alicyclic amines) is 1. The van der Waals surface area contributed by atoms with Crippen LogP contribution in [0.1, 0.15) is 16.1 Å². The SMILES string of the molecule is O=C(O)C1CCN(C(=O)c2sccc2Cl)C1. The number of nitrogens with zero attached hydrogens (tertiary/aromatic N) is 1. The second-order valence-corrected chi connectivity index (χ2v) is 5.00. The summed E-state index contributed by atoms with van der Waals surface area (Å²) in [5.74, 6) is -1.45. The monoisotopic (exact) mass is 259 g/mol. The summed E-state index contributed by atoms with van der Waals surface area (Å²) in [6, 6.07) is 1.67. The van der Waals surface area contributed by atoms with Crippen LogP contribution >= 0.6 is 22.9 Å². The van der Waals surface area contributed by atoms with E-state index >= 15 is 0 Å². The van der Waals surface area contributed by atoms with Crippen molar-refractivity contribution in [2.24, 2.45) is 5.92 Å². The Morgan fingerprint density at radius 1 is 1.56 bits per heavy atom. The lowest BCUT2D eigenvalue weighted by molar-refractivity contribution is -0.141. The number of rotatable bonds is 2. The number of thiophene rings is 1. The Kier molecular flexibility index (Phi) is 3.16. The van der Waals surface area contributed by atoms with E-state index in [1.54, 1.807) is 16.3 Å². The first kappa shape index (κ1) is 11.4. The van der Waals surface area contributed by atoms with Crippen LogP contribution in [-0.2, 0) is 4.79 Å². The van der Waals surface area contributed by atoms with Crippen LogP contribution in [0.15, 0.2) is 11.4 Å². The van der Waals surface area contributed by atoms with Crippen LogP contribution in [0, 0.1) is 5.92 Å². The minimum absolute atomic E-state index is 0.163. The molecule has 16 heavy (non-hydrogen) atoms. The van der Waals surface area contributed by atoms with Crippen LogP contribution in [0.5, 0.6) is 0 Å². The maximum absolute atomic E-state index is 12.0. The van der Waals surface area contributed by atoms with Gasteiger partial charge in [0.2, 0.25) is 0 Å². The largest absolute Gasteiger partial charge is 0.481 e. The van der Waals surface area contributed by atoms with Gasteiger partial charge >= 0.3 is 5.97 Å². The normalized spacial score (nSPS) is 20.1. The molecule has 0 aliphatic carbocycles. The fraction of sp³-hybridized carbons (Fsp3) is 0.400. The van der Waals surface area contributed by atoms with E-state index in [2.05, 4.69) is 0 Å². The maximum atomic E-state index is 12.0. The third-order valence-corrected chi connectivity index (χ3v) is 3.97. The lowest BCUT2D eigenvalue weighted by Gasteiger charge is -2.14. The fourth-order valence-electron chi connectivity index (χ4n) is 1.74. The quantitative estimate of drug-likeness (QED) is 0.883. The Labute approximate surface area is 101 Å². The predicted octanol–water partition coefficient (Wildman–Crippen LogP) is 1.95. The molecule has 6 heteroatoms. The highest BCUT2D eigenvalue weighted by Gasteiger charge is 2.32. The van der Waals surface area contributed by atoms with Gasteiger partial charge in [0.1, 0.15) is 4.88 Å². The lowest BCUT2D eigenvalue weighted by atomic mass is 10.1. The zero-order valence-corrected chi connectivity index (χ0v) is 9.92. The minimum Gasteiger partial charge on any atom is -0.481 e. The Morgan fingerprint density at radius 3 is 2.81 bits per heavy atom. The number of carboxylic acids is 1. The molecule has 1 saturated heterocycles. The summed E-state index contributed by atoms with van der Waals surface area (Å²) in [5, 5.41) is 11.0. The van der Waals surface area contributed by atoms with Crippen molar-refractivity contribution in [2.75, 3.05) is 13.1 Å². The first-order chi connectivity index (χ1) is 7.59. The summed E-state index contributed by atoms with van der Waals surface area (Å²) in [7, 11) is 0. The number of carbonyl (C=O) groups excluding carboxylic acids is 1.